The lowest BCUT2D eigenvalue weighted by molar-refractivity contribution is 0.308. The first-order valence-corrected chi connectivity index (χ1v) is 13.9. The van der Waals surface area contributed by atoms with Gasteiger partial charge >= 0.3 is 0 Å². The maximum atomic E-state index is 13.8. The molecular formula is C28H30N2O2S2. The van der Waals surface area contributed by atoms with Gasteiger partial charge in [-0.2, -0.15) is 0 Å². The average molecular weight is 491 g/mol. The summed E-state index contributed by atoms with van der Waals surface area (Å²) in [6.45, 7) is 5.06. The van der Waals surface area contributed by atoms with E-state index in [9.17, 15) is 4.79 Å². The van der Waals surface area contributed by atoms with Gasteiger partial charge in [0.15, 0.2) is 5.16 Å². The summed E-state index contributed by atoms with van der Waals surface area (Å²) in [7, 11) is 0. The van der Waals surface area contributed by atoms with Crippen LogP contribution in [0, 0.1) is 12.8 Å². The van der Waals surface area contributed by atoms with Crippen molar-refractivity contribution in [2.75, 3.05) is 12.4 Å². The first kappa shape index (κ1) is 23.2. The molecule has 0 bridgehead atoms. The van der Waals surface area contributed by atoms with Gasteiger partial charge in [-0.15, -0.1) is 11.3 Å². The highest BCUT2D eigenvalue weighted by Crippen LogP contribution is 2.37. The molecule has 2 heterocycles. The van der Waals surface area contributed by atoms with Crippen LogP contribution in [0.4, 0.5) is 0 Å². The predicted molar refractivity (Wildman–Crippen MR) is 143 cm³/mol. The van der Waals surface area contributed by atoms with E-state index in [0.717, 1.165) is 70.2 Å². The summed E-state index contributed by atoms with van der Waals surface area (Å²) in [5.74, 6) is 2.52. The molecule has 0 spiro atoms. The van der Waals surface area contributed by atoms with Crippen LogP contribution in [0.3, 0.4) is 0 Å². The number of thiophene rings is 1. The minimum absolute atomic E-state index is 0.0774. The van der Waals surface area contributed by atoms with Crippen LogP contribution in [0.5, 0.6) is 5.75 Å². The fourth-order valence-electron chi connectivity index (χ4n) is 4.54. The zero-order valence-corrected chi connectivity index (χ0v) is 21.4. The van der Waals surface area contributed by atoms with E-state index in [-0.39, 0.29) is 5.56 Å². The van der Waals surface area contributed by atoms with E-state index in [1.54, 1.807) is 23.1 Å². The zero-order valence-electron chi connectivity index (χ0n) is 19.8. The normalized spacial score (nSPS) is 15.4. The van der Waals surface area contributed by atoms with Crippen molar-refractivity contribution in [2.45, 2.75) is 51.1 Å². The summed E-state index contributed by atoms with van der Waals surface area (Å²) >= 11 is 3.39. The van der Waals surface area contributed by atoms with E-state index in [4.69, 9.17) is 9.72 Å². The highest BCUT2D eigenvalue weighted by molar-refractivity contribution is 7.99. The molecule has 4 aromatic rings. The summed E-state index contributed by atoms with van der Waals surface area (Å²) in [5.41, 5.74) is 3.37. The molecule has 1 unspecified atom stereocenters. The molecular weight excluding hydrogens is 460 g/mol. The summed E-state index contributed by atoms with van der Waals surface area (Å²) < 4.78 is 7.76. The van der Waals surface area contributed by atoms with Crippen LogP contribution in [0.1, 0.15) is 42.2 Å². The molecule has 2 aromatic heterocycles. The minimum atomic E-state index is 0.0774. The quantitative estimate of drug-likeness (QED) is 0.154. The standard InChI is InChI=1S/C28H30N2O2S2/c1-19-14-15-22-24(18-19)34-26-25(22)27(31)30(21-11-4-3-5-12-21)28(29-26)33-17-9-8-16-32-23-13-7-6-10-20(23)2/h3-7,10-13,19H,8-9,14-18H2,1-2H3. The van der Waals surface area contributed by atoms with Crippen LogP contribution in [0.25, 0.3) is 15.9 Å². The largest absolute Gasteiger partial charge is 0.493 e. The predicted octanol–water partition coefficient (Wildman–Crippen LogP) is 6.83. The number of hydrogen-bond donors (Lipinski definition) is 0. The monoisotopic (exact) mass is 490 g/mol. The smallest absolute Gasteiger partial charge is 0.267 e. The summed E-state index contributed by atoms with van der Waals surface area (Å²) in [5, 5.41) is 1.63. The highest BCUT2D eigenvalue weighted by atomic mass is 32.2. The Kier molecular flexibility index (Phi) is 7.07. The number of para-hydroxylation sites is 2. The van der Waals surface area contributed by atoms with Crippen molar-refractivity contribution in [2.24, 2.45) is 5.92 Å². The van der Waals surface area contributed by atoms with E-state index < -0.39 is 0 Å². The Hall–Kier alpha value is -2.57. The lowest BCUT2D eigenvalue weighted by atomic mass is 9.89. The van der Waals surface area contributed by atoms with Crippen LogP contribution in [0.2, 0.25) is 0 Å². The molecule has 1 atom stereocenters. The molecule has 0 saturated heterocycles. The SMILES string of the molecule is Cc1ccccc1OCCCCSc1nc2sc3c(c2c(=O)n1-c1ccccc1)CCC(C)C3. The number of hydrogen-bond acceptors (Lipinski definition) is 5. The summed E-state index contributed by atoms with van der Waals surface area (Å²) in [6.07, 6.45) is 5.15. The molecule has 5 rings (SSSR count). The van der Waals surface area contributed by atoms with E-state index in [2.05, 4.69) is 19.9 Å². The molecule has 6 heteroatoms. The fourth-order valence-corrected chi connectivity index (χ4v) is 6.98. The van der Waals surface area contributed by atoms with Gasteiger partial charge in [-0.25, -0.2) is 4.98 Å². The lowest BCUT2D eigenvalue weighted by Gasteiger charge is -2.17. The van der Waals surface area contributed by atoms with Gasteiger partial charge < -0.3 is 4.74 Å². The lowest BCUT2D eigenvalue weighted by Crippen LogP contribution is -2.22. The summed E-state index contributed by atoms with van der Waals surface area (Å²) in [6, 6.07) is 18.1. The van der Waals surface area contributed by atoms with Crippen molar-refractivity contribution in [1.82, 2.24) is 9.55 Å². The molecule has 1 aliphatic carbocycles. The van der Waals surface area contributed by atoms with Crippen molar-refractivity contribution in [3.63, 3.8) is 0 Å². The van der Waals surface area contributed by atoms with Crippen LogP contribution < -0.4 is 10.3 Å². The van der Waals surface area contributed by atoms with Crippen LogP contribution in [-0.2, 0) is 12.8 Å². The molecule has 1 aliphatic rings. The fraction of sp³-hybridized carbons (Fsp3) is 0.357. The first-order chi connectivity index (χ1) is 16.6. The van der Waals surface area contributed by atoms with Crippen LogP contribution in [0.15, 0.2) is 64.5 Å². The third-order valence-electron chi connectivity index (χ3n) is 6.43. The number of fused-ring (bicyclic) bond motifs is 3. The van der Waals surface area contributed by atoms with Gasteiger partial charge in [0.25, 0.3) is 5.56 Å². The van der Waals surface area contributed by atoms with Crippen molar-refractivity contribution in [3.8, 4) is 11.4 Å². The van der Waals surface area contributed by atoms with Crippen LogP contribution in [-0.4, -0.2) is 21.9 Å². The topological polar surface area (TPSA) is 44.1 Å². The van der Waals surface area contributed by atoms with Crippen molar-refractivity contribution >= 4 is 33.3 Å². The number of nitrogens with zero attached hydrogens (tertiary/aromatic N) is 2. The van der Waals surface area contributed by atoms with Crippen molar-refractivity contribution in [1.29, 1.82) is 0 Å². The Balaban J connectivity index is 1.35. The molecule has 0 amide bonds. The molecule has 0 radical (unpaired) electrons. The Labute approximate surface area is 209 Å². The van der Waals surface area contributed by atoms with Gasteiger partial charge in [0.05, 0.1) is 17.7 Å². The van der Waals surface area contributed by atoms with Gasteiger partial charge in [0.1, 0.15) is 10.6 Å². The number of benzene rings is 2. The molecule has 0 aliphatic heterocycles. The highest BCUT2D eigenvalue weighted by Gasteiger charge is 2.25. The number of ether oxygens (including phenoxy) is 1. The van der Waals surface area contributed by atoms with E-state index >= 15 is 0 Å². The first-order valence-electron chi connectivity index (χ1n) is 12.1. The van der Waals surface area contributed by atoms with Crippen molar-refractivity contribution < 1.29 is 4.74 Å². The van der Waals surface area contributed by atoms with Gasteiger partial charge in [0, 0.05) is 10.6 Å². The number of aromatic nitrogens is 2. The Morgan fingerprint density at radius 3 is 2.74 bits per heavy atom. The molecule has 34 heavy (non-hydrogen) atoms. The number of aryl methyl sites for hydroxylation is 2. The number of rotatable bonds is 8. The van der Waals surface area contributed by atoms with Gasteiger partial charge in [-0.3, -0.25) is 9.36 Å². The molecule has 2 aromatic carbocycles. The number of unbranched alkanes of at least 4 members (excludes halogenated alkanes) is 1. The molecule has 0 N–H and O–H groups in total. The Bertz CT molecular complexity index is 1340. The Morgan fingerprint density at radius 1 is 1.12 bits per heavy atom. The van der Waals surface area contributed by atoms with Gasteiger partial charge in [-0.05, 0) is 74.3 Å². The zero-order chi connectivity index (χ0) is 23.5. The maximum absolute atomic E-state index is 13.8. The number of thioether (sulfide) groups is 1. The third-order valence-corrected chi connectivity index (χ3v) is 8.61. The van der Waals surface area contributed by atoms with E-state index in [1.165, 1.54) is 10.4 Å². The summed E-state index contributed by atoms with van der Waals surface area (Å²) in [4.78, 5) is 21.1. The van der Waals surface area contributed by atoms with Gasteiger partial charge in [0.2, 0.25) is 0 Å². The van der Waals surface area contributed by atoms with E-state index in [1.807, 2.05) is 53.1 Å². The molecule has 0 fully saturated rings. The van der Waals surface area contributed by atoms with Crippen molar-refractivity contribution in [3.05, 3.63) is 81.0 Å². The second-order valence-corrected chi connectivity index (χ2v) is 11.2. The second kappa shape index (κ2) is 10.4. The van der Waals surface area contributed by atoms with E-state index in [0.29, 0.717) is 12.5 Å². The van der Waals surface area contributed by atoms with Gasteiger partial charge in [-0.1, -0.05) is 55.1 Å². The minimum Gasteiger partial charge on any atom is -0.493 e. The second-order valence-electron chi connectivity index (χ2n) is 9.07. The third kappa shape index (κ3) is 4.80. The average Bonchev–Trinajstić information content (AvgIpc) is 3.20. The van der Waals surface area contributed by atoms with Crippen LogP contribution >= 0.6 is 23.1 Å². The maximum Gasteiger partial charge on any atom is 0.267 e. The Morgan fingerprint density at radius 2 is 1.91 bits per heavy atom. The molecule has 176 valence electrons. The molecule has 4 nitrogen and oxygen atoms in total. The molecule has 0 saturated carbocycles.